The highest BCUT2D eigenvalue weighted by atomic mass is 16.5. The number of carboxylic acid groups (broad SMARTS) is 1. The lowest BCUT2D eigenvalue weighted by molar-refractivity contribution is -0.128. The number of ether oxygens (including phenoxy) is 1. The van der Waals surface area contributed by atoms with Crippen molar-refractivity contribution in [2.24, 2.45) is 0 Å². The minimum absolute atomic E-state index is 0.00685. The number of carbonyl (C=O) groups excluding carboxylic acids is 2. The van der Waals surface area contributed by atoms with Gasteiger partial charge < -0.3 is 29.1 Å². The number of benzene rings is 1. The topological polar surface area (TPSA) is 95.3 Å². The van der Waals surface area contributed by atoms with Gasteiger partial charge >= 0.3 is 12.0 Å². The van der Waals surface area contributed by atoms with Crippen LogP contribution in [-0.2, 0) is 16.1 Å². The van der Waals surface area contributed by atoms with Gasteiger partial charge in [0.2, 0.25) is 0 Å². The van der Waals surface area contributed by atoms with Crippen molar-refractivity contribution in [3.05, 3.63) is 64.4 Å². The Morgan fingerprint density at radius 2 is 1.60 bits per heavy atom. The summed E-state index contributed by atoms with van der Waals surface area (Å²) in [6.45, 7) is 4.74. The van der Waals surface area contributed by atoms with Gasteiger partial charge in [0.1, 0.15) is 0 Å². The van der Waals surface area contributed by atoms with Crippen molar-refractivity contribution in [2.75, 3.05) is 52.5 Å². The van der Waals surface area contributed by atoms with E-state index in [0.29, 0.717) is 70.5 Å². The average molecular weight is 585 g/mol. The number of morpholine rings is 1. The molecule has 3 amide bonds. The van der Waals surface area contributed by atoms with Gasteiger partial charge in [0.05, 0.1) is 25.3 Å². The van der Waals surface area contributed by atoms with Crippen molar-refractivity contribution in [3.8, 4) is 0 Å². The molecule has 2 saturated heterocycles. The maximum atomic E-state index is 14.2. The van der Waals surface area contributed by atoms with Gasteiger partial charge in [-0.1, -0.05) is 37.5 Å². The van der Waals surface area contributed by atoms with Crippen LogP contribution < -0.4 is 0 Å². The lowest BCUT2D eigenvalue weighted by atomic mass is 9.80. The minimum Gasteiger partial charge on any atom is -0.478 e. The number of nitrogens with zero attached hydrogens (tertiary/aromatic N) is 4. The number of urea groups is 1. The zero-order valence-corrected chi connectivity index (χ0v) is 24.7. The molecule has 0 unspecified atom stereocenters. The van der Waals surface area contributed by atoms with E-state index in [1.807, 2.05) is 20.8 Å². The molecule has 7 rings (SSSR count). The number of rotatable bonds is 3. The first-order valence-electron chi connectivity index (χ1n) is 15.9. The molecule has 3 aliphatic heterocycles. The molecule has 5 aliphatic rings. The van der Waals surface area contributed by atoms with Crippen LogP contribution in [0.2, 0.25) is 0 Å². The Hall–Kier alpha value is -3.85. The van der Waals surface area contributed by atoms with E-state index in [0.717, 1.165) is 42.2 Å². The summed E-state index contributed by atoms with van der Waals surface area (Å²) in [6.07, 6.45) is 14.2. The first-order chi connectivity index (χ1) is 21.0. The van der Waals surface area contributed by atoms with E-state index in [1.54, 1.807) is 12.1 Å². The molecule has 2 aliphatic carbocycles. The Labute approximate surface area is 252 Å². The van der Waals surface area contributed by atoms with Crippen LogP contribution in [0.15, 0.2) is 47.6 Å². The summed E-state index contributed by atoms with van der Waals surface area (Å²) < 4.78 is 7.64. The number of hydrogen-bond acceptors (Lipinski definition) is 4. The van der Waals surface area contributed by atoms with Gasteiger partial charge in [-0.25, -0.2) is 9.59 Å². The van der Waals surface area contributed by atoms with Crippen LogP contribution in [0, 0.1) is 0 Å². The Kier molecular flexibility index (Phi) is 7.59. The van der Waals surface area contributed by atoms with Crippen LogP contribution in [0.1, 0.15) is 72.5 Å². The molecule has 0 radical (unpaired) electrons. The predicted octanol–water partition coefficient (Wildman–Crippen LogP) is 5.03. The molecule has 226 valence electrons. The zero-order valence-electron chi connectivity index (χ0n) is 24.7. The molecule has 1 aromatic heterocycles. The fourth-order valence-electron chi connectivity index (χ4n) is 7.67. The number of allylic oxidation sites excluding steroid dienone is 5. The number of hydrogen-bond donors (Lipinski definition) is 1. The van der Waals surface area contributed by atoms with Crippen molar-refractivity contribution in [1.82, 2.24) is 19.3 Å². The number of fused-ring (bicyclic) bond motifs is 4. The fourth-order valence-corrected chi connectivity index (χ4v) is 7.67. The Morgan fingerprint density at radius 1 is 0.884 bits per heavy atom. The van der Waals surface area contributed by atoms with Crippen molar-refractivity contribution in [2.45, 2.75) is 57.4 Å². The van der Waals surface area contributed by atoms with E-state index in [4.69, 9.17) is 4.74 Å². The lowest BCUT2D eigenvalue weighted by Crippen LogP contribution is -2.55. The molecule has 3 fully saturated rings. The molecular formula is C34H40N4O5. The maximum Gasteiger partial charge on any atom is 0.335 e. The zero-order chi connectivity index (χ0) is 29.5. The van der Waals surface area contributed by atoms with Gasteiger partial charge in [-0.2, -0.15) is 0 Å². The van der Waals surface area contributed by atoms with Crippen LogP contribution in [0.5, 0.6) is 0 Å². The number of amides is 3. The highest BCUT2D eigenvalue weighted by Crippen LogP contribution is 2.46. The van der Waals surface area contributed by atoms with E-state index in [-0.39, 0.29) is 17.5 Å². The Morgan fingerprint density at radius 3 is 2.35 bits per heavy atom. The van der Waals surface area contributed by atoms with E-state index in [2.05, 4.69) is 22.8 Å². The highest BCUT2D eigenvalue weighted by molar-refractivity contribution is 6.00. The fraction of sp³-hybridized carbons (Fsp3) is 0.500. The highest BCUT2D eigenvalue weighted by Gasteiger charge is 2.34. The molecule has 43 heavy (non-hydrogen) atoms. The summed E-state index contributed by atoms with van der Waals surface area (Å²) in [6, 6.07) is 5.56. The smallest absolute Gasteiger partial charge is 0.335 e. The van der Waals surface area contributed by atoms with Crippen molar-refractivity contribution in [3.63, 3.8) is 0 Å². The van der Waals surface area contributed by atoms with Gasteiger partial charge in [0, 0.05) is 61.4 Å². The van der Waals surface area contributed by atoms with Crippen LogP contribution >= 0.6 is 0 Å². The van der Waals surface area contributed by atoms with Gasteiger partial charge in [0.25, 0.3) is 5.91 Å². The third-order valence-corrected chi connectivity index (χ3v) is 9.91. The van der Waals surface area contributed by atoms with E-state index in [9.17, 15) is 19.5 Å². The summed E-state index contributed by atoms with van der Waals surface area (Å²) in [5.74, 6) is -0.521. The Bertz CT molecular complexity index is 1550. The first kappa shape index (κ1) is 28.0. The third kappa shape index (κ3) is 5.18. The quantitative estimate of drug-likeness (QED) is 0.546. The summed E-state index contributed by atoms with van der Waals surface area (Å²) in [7, 11) is 0. The number of piperazine rings is 1. The first-order valence-corrected chi connectivity index (χ1v) is 15.9. The van der Waals surface area contributed by atoms with Crippen molar-refractivity contribution in [1.29, 1.82) is 0 Å². The molecule has 0 atom stereocenters. The molecule has 1 aromatic carbocycles. The van der Waals surface area contributed by atoms with Crippen molar-refractivity contribution >= 4 is 34.4 Å². The second kappa shape index (κ2) is 11.7. The van der Waals surface area contributed by atoms with Crippen LogP contribution in [-0.4, -0.2) is 94.8 Å². The SMILES string of the molecule is O=C(O)c1ccc2c(C3CCCCC3)c3n(c2c1)CC(C(=O)N1CCN(C(=O)N2CCOCC2)CC1)=CC1=C3CCC=C1. The van der Waals surface area contributed by atoms with Gasteiger partial charge in [0.15, 0.2) is 0 Å². The van der Waals surface area contributed by atoms with Gasteiger partial charge in [-0.15, -0.1) is 0 Å². The molecule has 1 saturated carbocycles. The molecule has 0 spiro atoms. The van der Waals surface area contributed by atoms with Crippen molar-refractivity contribution < 1.29 is 24.2 Å². The molecule has 2 aromatic rings. The monoisotopic (exact) mass is 584 g/mol. The number of aromatic carboxylic acids is 1. The summed E-state index contributed by atoms with van der Waals surface area (Å²) in [5.41, 5.74) is 6.77. The normalized spacial score (nSPS) is 21.4. The lowest BCUT2D eigenvalue weighted by Gasteiger charge is -2.38. The summed E-state index contributed by atoms with van der Waals surface area (Å²) in [4.78, 5) is 44.8. The predicted molar refractivity (Wildman–Crippen MR) is 164 cm³/mol. The summed E-state index contributed by atoms with van der Waals surface area (Å²) >= 11 is 0. The van der Waals surface area contributed by atoms with Crippen LogP contribution in [0.25, 0.3) is 16.5 Å². The third-order valence-electron chi connectivity index (χ3n) is 9.91. The van der Waals surface area contributed by atoms with E-state index >= 15 is 0 Å². The second-order valence-corrected chi connectivity index (χ2v) is 12.4. The standard InChI is InChI=1S/C34H40N4O5/c39-32(35-12-14-36(15-13-35)34(42)37-16-18-43-19-17-37)26-20-24-8-4-5-9-27(24)31-30(23-6-2-1-3-7-23)28-11-10-25(33(40)41)21-29(28)38(31)22-26/h4,8,10-11,20-21,23H,1-3,5-7,9,12-19,22H2,(H,40,41). The van der Waals surface area contributed by atoms with Gasteiger partial charge in [-0.05, 0) is 66.5 Å². The number of carbonyl (C=O) groups is 3. The Balaban J connectivity index is 1.23. The molecule has 9 heteroatoms. The van der Waals surface area contributed by atoms with E-state index in [1.165, 1.54) is 36.1 Å². The summed E-state index contributed by atoms with van der Waals surface area (Å²) in [5, 5.41) is 11.0. The molecular weight excluding hydrogens is 544 g/mol. The molecule has 0 bridgehead atoms. The second-order valence-electron chi connectivity index (χ2n) is 12.4. The number of aromatic nitrogens is 1. The largest absolute Gasteiger partial charge is 0.478 e. The van der Waals surface area contributed by atoms with Gasteiger partial charge in [-0.3, -0.25) is 4.79 Å². The molecule has 4 heterocycles. The average Bonchev–Trinajstić information content (AvgIpc) is 3.27. The minimum atomic E-state index is -0.942. The van der Waals surface area contributed by atoms with Crippen LogP contribution in [0.4, 0.5) is 4.79 Å². The molecule has 1 N–H and O–H groups in total. The van der Waals surface area contributed by atoms with E-state index < -0.39 is 5.97 Å². The van der Waals surface area contributed by atoms with Crippen LogP contribution in [0.3, 0.4) is 0 Å². The number of carboxylic acids is 1. The molecule has 9 nitrogen and oxygen atoms in total. The maximum absolute atomic E-state index is 14.2.